The van der Waals surface area contributed by atoms with Gasteiger partial charge in [0.05, 0.1) is 12.1 Å². The van der Waals surface area contributed by atoms with Gasteiger partial charge in [-0.15, -0.1) is 0 Å². The maximum absolute atomic E-state index is 13.6. The molecule has 5 unspecified atom stereocenters. The van der Waals surface area contributed by atoms with E-state index in [0.717, 1.165) is 16.5 Å². The first-order valence-electron chi connectivity index (χ1n) is 13.5. The third-order valence-corrected chi connectivity index (χ3v) is 6.42. The Morgan fingerprint density at radius 3 is 2.22 bits per heavy atom. The molecule has 1 aromatic carbocycles. The molecule has 0 radical (unpaired) electrons. The highest BCUT2D eigenvalue weighted by molar-refractivity contribution is 5.95. The Hall–Kier alpha value is -4.17. The summed E-state index contributed by atoms with van der Waals surface area (Å²) in [5.74, 6) is -3.47. The molecule has 3 amide bonds. The molecule has 12 N–H and O–H groups in total. The van der Waals surface area contributed by atoms with Gasteiger partial charge in [0.2, 0.25) is 17.7 Å². The predicted molar refractivity (Wildman–Crippen MR) is 154 cm³/mol. The Morgan fingerprint density at radius 2 is 1.61 bits per heavy atom. The molecule has 0 saturated carbocycles. The molecule has 0 bridgehead atoms. The summed E-state index contributed by atoms with van der Waals surface area (Å²) in [6.45, 7) is 5.22. The van der Waals surface area contributed by atoms with E-state index in [4.69, 9.17) is 17.2 Å². The Morgan fingerprint density at radius 1 is 0.976 bits per heavy atom. The molecule has 0 aliphatic heterocycles. The van der Waals surface area contributed by atoms with Gasteiger partial charge in [0, 0.05) is 30.1 Å². The Balaban J connectivity index is 2.32. The minimum Gasteiger partial charge on any atom is -0.480 e. The van der Waals surface area contributed by atoms with Crippen molar-refractivity contribution in [3.8, 4) is 0 Å². The molecule has 226 valence electrons. The number of hydrogen-bond acceptors (Lipinski definition) is 7. The number of aromatic amines is 1. The summed E-state index contributed by atoms with van der Waals surface area (Å²) < 4.78 is 0. The number of aromatic nitrogens is 1. The van der Waals surface area contributed by atoms with Crippen LogP contribution in [0.3, 0.4) is 0 Å². The van der Waals surface area contributed by atoms with E-state index >= 15 is 0 Å². The van der Waals surface area contributed by atoms with Crippen molar-refractivity contribution in [3.63, 3.8) is 0 Å². The minimum absolute atomic E-state index is 0.0428. The number of amides is 3. The standard InChI is InChI=1S/C27H42N8O6/c1-14(2)11-18(28)23(37)34-21(12-16-13-32-19-8-5-4-7-17(16)19)25(39)33-20(9-6-10-31-27(29)30)24(38)35-22(15(3)36)26(40)41/h4-5,7-8,13-15,18,20-22,32,36H,6,9-12,28H2,1-3H3,(H,33,39)(H,34,37)(H,35,38)(H,40,41)(H4,29,30,31). The maximum atomic E-state index is 13.6. The van der Waals surface area contributed by atoms with E-state index in [1.54, 1.807) is 6.20 Å². The molecule has 0 aliphatic carbocycles. The van der Waals surface area contributed by atoms with Gasteiger partial charge < -0.3 is 48.3 Å². The zero-order valence-corrected chi connectivity index (χ0v) is 23.6. The van der Waals surface area contributed by atoms with Crippen molar-refractivity contribution in [3.05, 3.63) is 36.0 Å². The number of carboxylic acid groups (broad SMARTS) is 1. The summed E-state index contributed by atoms with van der Waals surface area (Å²) in [5, 5.41) is 27.7. The van der Waals surface area contributed by atoms with Crippen LogP contribution in [-0.4, -0.2) is 81.7 Å². The van der Waals surface area contributed by atoms with Crippen molar-refractivity contribution >= 4 is 40.6 Å². The van der Waals surface area contributed by atoms with Crippen LogP contribution < -0.4 is 33.2 Å². The third kappa shape index (κ3) is 10.4. The molecule has 14 nitrogen and oxygen atoms in total. The molecule has 0 saturated heterocycles. The number of carbonyl (C=O) groups is 4. The number of aliphatic hydroxyl groups excluding tert-OH is 1. The van der Waals surface area contributed by atoms with Crippen LogP contribution in [0.1, 0.15) is 45.6 Å². The van der Waals surface area contributed by atoms with Gasteiger partial charge in [0.15, 0.2) is 12.0 Å². The number of nitrogens with one attached hydrogen (secondary N) is 4. The predicted octanol–water partition coefficient (Wildman–Crippen LogP) is -0.943. The fourth-order valence-electron chi connectivity index (χ4n) is 4.31. The molecule has 5 atom stereocenters. The van der Waals surface area contributed by atoms with Crippen LogP contribution >= 0.6 is 0 Å². The van der Waals surface area contributed by atoms with Crippen molar-refractivity contribution in [2.75, 3.05) is 6.54 Å². The Labute approximate surface area is 238 Å². The molecule has 2 rings (SSSR count). The number of carboxylic acids is 1. The van der Waals surface area contributed by atoms with Crippen molar-refractivity contribution < 1.29 is 29.4 Å². The van der Waals surface area contributed by atoms with Gasteiger partial charge in [-0.2, -0.15) is 0 Å². The summed E-state index contributed by atoms with van der Waals surface area (Å²) in [4.78, 5) is 58.2. The highest BCUT2D eigenvalue weighted by atomic mass is 16.4. The summed E-state index contributed by atoms with van der Waals surface area (Å²) in [5.41, 5.74) is 18.4. The average Bonchev–Trinajstić information content (AvgIpc) is 3.30. The van der Waals surface area contributed by atoms with Crippen LogP contribution in [0, 0.1) is 5.92 Å². The number of nitrogens with zero attached hydrogens (tertiary/aromatic N) is 1. The van der Waals surface area contributed by atoms with Crippen LogP contribution in [0.2, 0.25) is 0 Å². The summed E-state index contributed by atoms with van der Waals surface area (Å²) in [6, 6.07) is 2.69. The van der Waals surface area contributed by atoms with Crippen LogP contribution in [0.15, 0.2) is 35.5 Å². The van der Waals surface area contributed by atoms with Crippen molar-refractivity contribution in [2.24, 2.45) is 28.1 Å². The number of rotatable bonds is 16. The van der Waals surface area contributed by atoms with E-state index in [1.165, 1.54) is 6.92 Å². The monoisotopic (exact) mass is 574 g/mol. The summed E-state index contributed by atoms with van der Waals surface area (Å²) >= 11 is 0. The van der Waals surface area contributed by atoms with Crippen LogP contribution in [0.25, 0.3) is 10.9 Å². The number of carbonyl (C=O) groups excluding carboxylic acids is 3. The second-order valence-electron chi connectivity index (χ2n) is 10.4. The number of aliphatic imine (C=N–C) groups is 1. The quantitative estimate of drug-likeness (QED) is 0.0680. The van der Waals surface area contributed by atoms with Crippen LogP contribution in [0.5, 0.6) is 0 Å². The second kappa shape index (κ2) is 15.6. The molecular weight excluding hydrogens is 532 g/mol. The minimum atomic E-state index is -1.60. The fraction of sp³-hybridized carbons (Fsp3) is 0.519. The fourth-order valence-corrected chi connectivity index (χ4v) is 4.31. The van der Waals surface area contributed by atoms with E-state index in [1.807, 2.05) is 38.1 Å². The van der Waals surface area contributed by atoms with Gasteiger partial charge in [-0.1, -0.05) is 32.0 Å². The molecule has 0 aliphatic rings. The van der Waals surface area contributed by atoms with E-state index in [2.05, 4.69) is 25.9 Å². The number of benzene rings is 1. The highest BCUT2D eigenvalue weighted by Crippen LogP contribution is 2.19. The first-order chi connectivity index (χ1) is 19.3. The van der Waals surface area contributed by atoms with Crippen LogP contribution in [-0.2, 0) is 25.6 Å². The third-order valence-electron chi connectivity index (χ3n) is 6.42. The normalized spacial score (nSPS) is 14.9. The first kappa shape index (κ1) is 33.0. The zero-order chi connectivity index (χ0) is 30.7. The topological polar surface area (TPSA) is 251 Å². The van der Waals surface area contributed by atoms with Crippen LogP contribution in [0.4, 0.5) is 0 Å². The van der Waals surface area contributed by atoms with E-state index in [9.17, 15) is 29.4 Å². The van der Waals surface area contributed by atoms with Gasteiger partial charge in [0.25, 0.3) is 0 Å². The highest BCUT2D eigenvalue weighted by Gasteiger charge is 2.32. The molecule has 0 spiro atoms. The Kier molecular flexibility index (Phi) is 12.5. The smallest absolute Gasteiger partial charge is 0.328 e. The number of para-hydroxylation sites is 1. The lowest BCUT2D eigenvalue weighted by Gasteiger charge is -2.26. The SMILES string of the molecule is CC(C)CC(N)C(=O)NC(Cc1c[nH]c2ccccc12)C(=O)NC(CCCN=C(N)N)C(=O)NC(C(=O)O)C(C)O. The lowest BCUT2D eigenvalue weighted by atomic mass is 10.0. The number of H-pyrrole nitrogens is 1. The van der Waals surface area contributed by atoms with Crippen molar-refractivity contribution in [1.82, 2.24) is 20.9 Å². The molecular formula is C27H42N8O6. The van der Waals surface area contributed by atoms with E-state index in [-0.39, 0.29) is 37.7 Å². The number of nitrogens with two attached hydrogens (primary N) is 3. The van der Waals surface area contributed by atoms with Gasteiger partial charge in [-0.05, 0) is 43.7 Å². The van der Waals surface area contributed by atoms with Gasteiger partial charge in [-0.3, -0.25) is 19.4 Å². The Bertz CT molecular complexity index is 1220. The van der Waals surface area contributed by atoms with Crippen molar-refractivity contribution in [1.29, 1.82) is 0 Å². The van der Waals surface area contributed by atoms with Gasteiger partial charge in [-0.25, -0.2) is 4.79 Å². The number of hydrogen-bond donors (Lipinski definition) is 9. The first-order valence-corrected chi connectivity index (χ1v) is 13.5. The van der Waals surface area contributed by atoms with Gasteiger partial charge in [0.1, 0.15) is 12.1 Å². The average molecular weight is 575 g/mol. The second-order valence-corrected chi connectivity index (χ2v) is 10.4. The summed E-state index contributed by atoms with van der Waals surface area (Å²) in [6.07, 6.45) is 1.14. The number of aliphatic carboxylic acids is 1. The molecule has 2 aromatic rings. The lowest BCUT2D eigenvalue weighted by Crippen LogP contribution is -2.58. The largest absolute Gasteiger partial charge is 0.480 e. The maximum Gasteiger partial charge on any atom is 0.328 e. The van der Waals surface area contributed by atoms with E-state index < -0.39 is 54.0 Å². The zero-order valence-electron chi connectivity index (χ0n) is 23.6. The molecule has 1 aromatic heterocycles. The number of fused-ring (bicyclic) bond motifs is 1. The van der Waals surface area contributed by atoms with Gasteiger partial charge >= 0.3 is 5.97 Å². The van der Waals surface area contributed by atoms with E-state index in [0.29, 0.717) is 6.42 Å². The molecule has 41 heavy (non-hydrogen) atoms. The number of guanidine groups is 1. The number of aliphatic hydroxyl groups is 1. The lowest BCUT2D eigenvalue weighted by molar-refractivity contribution is -0.145. The molecule has 14 heteroatoms. The van der Waals surface area contributed by atoms with Crippen molar-refractivity contribution in [2.45, 2.75) is 76.7 Å². The molecule has 0 fully saturated rings. The molecule has 1 heterocycles. The summed E-state index contributed by atoms with van der Waals surface area (Å²) in [7, 11) is 0.